The fraction of sp³-hybridized carbons (Fsp3) is 0.600. The molecule has 1 saturated heterocycles. The van der Waals surface area contributed by atoms with Crippen LogP contribution in [-0.2, 0) is 11.3 Å². The predicted molar refractivity (Wildman–Crippen MR) is 82.5 cm³/mol. The summed E-state index contributed by atoms with van der Waals surface area (Å²) >= 11 is 6.15. The van der Waals surface area contributed by atoms with Crippen LogP contribution < -0.4 is 10.2 Å². The van der Waals surface area contributed by atoms with E-state index in [1.165, 1.54) is 5.56 Å². The Morgan fingerprint density at radius 2 is 2.25 bits per heavy atom. The minimum atomic E-state index is -0.287. The highest BCUT2D eigenvalue weighted by Crippen LogP contribution is 2.30. The van der Waals surface area contributed by atoms with Crippen LogP contribution in [0.25, 0.3) is 0 Å². The Labute approximate surface area is 125 Å². The molecule has 0 aliphatic carbocycles. The van der Waals surface area contributed by atoms with Gasteiger partial charge >= 0.3 is 0 Å². The fourth-order valence-electron chi connectivity index (χ4n) is 2.75. The first-order valence-electron chi connectivity index (χ1n) is 6.92. The lowest BCUT2D eigenvalue weighted by molar-refractivity contribution is -0.101. The summed E-state index contributed by atoms with van der Waals surface area (Å²) in [6, 6.07) is 5.95. The lowest BCUT2D eigenvalue weighted by Gasteiger charge is -2.44. The summed E-state index contributed by atoms with van der Waals surface area (Å²) in [6.07, 6.45) is -0.167. The number of nitrogens with one attached hydrogen (secondary N) is 1. The summed E-state index contributed by atoms with van der Waals surface area (Å²) in [5, 5.41) is 13.3. The van der Waals surface area contributed by atoms with Gasteiger partial charge in [-0.1, -0.05) is 17.7 Å². The molecule has 1 aliphatic rings. The number of ether oxygens (including phenoxy) is 1. The second-order valence-corrected chi connectivity index (χ2v) is 6.30. The molecule has 0 radical (unpaired) electrons. The van der Waals surface area contributed by atoms with Gasteiger partial charge < -0.3 is 20.1 Å². The van der Waals surface area contributed by atoms with Crippen molar-refractivity contribution in [1.29, 1.82) is 0 Å². The molecule has 1 atom stereocenters. The summed E-state index contributed by atoms with van der Waals surface area (Å²) in [6.45, 7) is 6.36. The summed E-state index contributed by atoms with van der Waals surface area (Å²) < 4.78 is 5.86. The number of rotatable bonds is 4. The molecule has 1 heterocycles. The molecule has 1 unspecified atom stereocenters. The molecular weight excluding hydrogens is 276 g/mol. The molecule has 5 heteroatoms. The first-order chi connectivity index (χ1) is 9.45. The molecule has 2 rings (SSSR count). The maximum absolute atomic E-state index is 9.43. The number of aliphatic hydroxyl groups is 1. The summed E-state index contributed by atoms with van der Waals surface area (Å²) in [5.74, 6) is 0. The van der Waals surface area contributed by atoms with Crippen LogP contribution in [0, 0.1) is 0 Å². The number of nitrogens with zero attached hydrogens (tertiary/aromatic N) is 1. The molecule has 0 spiro atoms. The normalized spacial score (nSPS) is 22.1. The van der Waals surface area contributed by atoms with E-state index in [9.17, 15) is 5.11 Å². The minimum Gasteiger partial charge on any atom is -0.394 e. The van der Waals surface area contributed by atoms with Crippen LogP contribution in [0.4, 0.5) is 5.69 Å². The van der Waals surface area contributed by atoms with E-state index >= 15 is 0 Å². The van der Waals surface area contributed by atoms with Crippen molar-refractivity contribution in [2.75, 3.05) is 31.6 Å². The Morgan fingerprint density at radius 3 is 2.90 bits per heavy atom. The average molecular weight is 299 g/mol. The molecular formula is C15H23ClN2O2. The van der Waals surface area contributed by atoms with E-state index in [0.717, 1.165) is 23.8 Å². The largest absolute Gasteiger partial charge is 0.394 e. The van der Waals surface area contributed by atoms with Crippen molar-refractivity contribution in [3.05, 3.63) is 28.8 Å². The molecule has 1 aromatic rings. The van der Waals surface area contributed by atoms with Gasteiger partial charge in [-0.15, -0.1) is 0 Å². The maximum Gasteiger partial charge on any atom is 0.0988 e. The molecule has 1 aromatic carbocycles. The minimum absolute atomic E-state index is 0.0296. The highest BCUT2D eigenvalue weighted by molar-refractivity contribution is 6.30. The first kappa shape index (κ1) is 15.6. The number of hydrogen-bond donors (Lipinski definition) is 2. The van der Waals surface area contributed by atoms with Crippen molar-refractivity contribution < 1.29 is 9.84 Å². The van der Waals surface area contributed by atoms with Crippen molar-refractivity contribution in [3.8, 4) is 0 Å². The number of halogens is 1. The van der Waals surface area contributed by atoms with E-state index in [1.54, 1.807) is 0 Å². The Bertz CT molecular complexity index is 465. The van der Waals surface area contributed by atoms with Crippen molar-refractivity contribution in [2.24, 2.45) is 0 Å². The van der Waals surface area contributed by atoms with E-state index in [2.05, 4.69) is 10.2 Å². The highest BCUT2D eigenvalue weighted by Gasteiger charge is 2.33. The van der Waals surface area contributed by atoms with Gasteiger partial charge in [0.05, 0.1) is 18.3 Å². The van der Waals surface area contributed by atoms with Crippen LogP contribution in [0.1, 0.15) is 19.4 Å². The number of benzene rings is 1. The molecule has 1 aliphatic heterocycles. The first-order valence-corrected chi connectivity index (χ1v) is 7.29. The smallest absolute Gasteiger partial charge is 0.0988 e. The van der Waals surface area contributed by atoms with E-state index in [0.29, 0.717) is 6.54 Å². The standard InChI is InChI=1S/C15H23ClN2O2/c1-15(2)10-18(8-13(9-19)20-15)14-6-12(16)5-4-11(14)7-17-3/h4-6,13,17,19H,7-10H2,1-3H3. The fourth-order valence-corrected chi connectivity index (χ4v) is 2.91. The molecule has 2 N–H and O–H groups in total. The van der Waals surface area contributed by atoms with Gasteiger partial charge in [-0.25, -0.2) is 0 Å². The second-order valence-electron chi connectivity index (χ2n) is 5.87. The molecule has 0 aromatic heterocycles. The van der Waals surface area contributed by atoms with Gasteiger partial charge in [0.2, 0.25) is 0 Å². The lowest BCUT2D eigenvalue weighted by atomic mass is 10.0. The Balaban J connectivity index is 2.31. The van der Waals surface area contributed by atoms with Crippen LogP contribution in [-0.4, -0.2) is 43.6 Å². The van der Waals surface area contributed by atoms with E-state index in [-0.39, 0.29) is 18.3 Å². The number of anilines is 1. The van der Waals surface area contributed by atoms with Gasteiger partial charge in [0.25, 0.3) is 0 Å². The number of morpholine rings is 1. The van der Waals surface area contributed by atoms with Crippen molar-refractivity contribution >= 4 is 17.3 Å². The van der Waals surface area contributed by atoms with Gasteiger partial charge in [-0.05, 0) is 38.6 Å². The van der Waals surface area contributed by atoms with Gasteiger partial charge in [-0.3, -0.25) is 0 Å². The van der Waals surface area contributed by atoms with Gasteiger partial charge in [-0.2, -0.15) is 0 Å². The zero-order valence-electron chi connectivity index (χ0n) is 12.3. The molecule has 0 amide bonds. The van der Waals surface area contributed by atoms with E-state index in [4.69, 9.17) is 16.3 Å². The van der Waals surface area contributed by atoms with Crippen LogP contribution in [0.15, 0.2) is 18.2 Å². The third-order valence-electron chi connectivity index (χ3n) is 3.44. The van der Waals surface area contributed by atoms with Crippen molar-refractivity contribution in [1.82, 2.24) is 5.32 Å². The average Bonchev–Trinajstić information content (AvgIpc) is 2.39. The predicted octanol–water partition coefficient (Wildman–Crippen LogP) is 2.04. The van der Waals surface area contributed by atoms with Crippen LogP contribution in [0.5, 0.6) is 0 Å². The second kappa shape index (κ2) is 6.31. The molecule has 4 nitrogen and oxygen atoms in total. The highest BCUT2D eigenvalue weighted by atomic mass is 35.5. The number of hydrogen-bond acceptors (Lipinski definition) is 4. The number of aliphatic hydroxyl groups excluding tert-OH is 1. The molecule has 112 valence electrons. The van der Waals surface area contributed by atoms with Crippen molar-refractivity contribution in [2.45, 2.75) is 32.1 Å². The third kappa shape index (κ3) is 3.64. The SMILES string of the molecule is CNCc1ccc(Cl)cc1N1CC(CO)OC(C)(C)C1. The quantitative estimate of drug-likeness (QED) is 0.893. The van der Waals surface area contributed by atoms with Gasteiger partial charge in [0, 0.05) is 30.3 Å². The van der Waals surface area contributed by atoms with E-state index < -0.39 is 0 Å². The van der Waals surface area contributed by atoms with E-state index in [1.807, 2.05) is 39.1 Å². The van der Waals surface area contributed by atoms with Crippen LogP contribution in [0.3, 0.4) is 0 Å². The van der Waals surface area contributed by atoms with Crippen LogP contribution >= 0.6 is 11.6 Å². The Morgan fingerprint density at radius 1 is 1.50 bits per heavy atom. The molecule has 0 saturated carbocycles. The zero-order valence-corrected chi connectivity index (χ0v) is 13.1. The van der Waals surface area contributed by atoms with Gasteiger partial charge in [0.1, 0.15) is 0 Å². The zero-order chi connectivity index (χ0) is 14.8. The topological polar surface area (TPSA) is 44.7 Å². The summed E-state index contributed by atoms with van der Waals surface area (Å²) in [4.78, 5) is 2.25. The maximum atomic E-state index is 9.43. The van der Waals surface area contributed by atoms with Crippen molar-refractivity contribution in [3.63, 3.8) is 0 Å². The summed E-state index contributed by atoms with van der Waals surface area (Å²) in [5.41, 5.74) is 2.03. The summed E-state index contributed by atoms with van der Waals surface area (Å²) in [7, 11) is 1.93. The third-order valence-corrected chi connectivity index (χ3v) is 3.68. The molecule has 1 fully saturated rings. The molecule has 20 heavy (non-hydrogen) atoms. The molecule has 0 bridgehead atoms. The Kier molecular flexibility index (Phi) is 4.91. The van der Waals surface area contributed by atoms with Gasteiger partial charge in [0.15, 0.2) is 0 Å². The monoisotopic (exact) mass is 298 g/mol. The Hall–Kier alpha value is -0.810. The lowest BCUT2D eigenvalue weighted by Crippen LogP contribution is -2.54. The van der Waals surface area contributed by atoms with Crippen LogP contribution in [0.2, 0.25) is 5.02 Å².